The standard InChI is InChI=1S/C13H24N6/c1-10-11(16-9-17-12(10)18-14)15-8-13(2)4-6-19(3)7-5-13/h9H,4-8,14H2,1-3H3,(H2,15,16,17,18). The van der Waals surface area contributed by atoms with Crippen LogP contribution in [-0.2, 0) is 0 Å². The van der Waals surface area contributed by atoms with Gasteiger partial charge in [0.1, 0.15) is 18.0 Å². The first-order valence-corrected chi connectivity index (χ1v) is 6.75. The van der Waals surface area contributed by atoms with Crippen molar-refractivity contribution in [3.05, 3.63) is 11.9 Å². The Labute approximate surface area is 114 Å². The molecule has 0 bridgehead atoms. The number of hydrogen-bond donors (Lipinski definition) is 3. The van der Waals surface area contributed by atoms with Crippen LogP contribution in [0.4, 0.5) is 11.6 Å². The second-order valence-electron chi connectivity index (χ2n) is 5.81. The minimum atomic E-state index is 0.334. The van der Waals surface area contributed by atoms with Gasteiger partial charge in [0.25, 0.3) is 0 Å². The summed E-state index contributed by atoms with van der Waals surface area (Å²) >= 11 is 0. The van der Waals surface area contributed by atoms with E-state index in [0.29, 0.717) is 11.2 Å². The van der Waals surface area contributed by atoms with E-state index in [0.717, 1.165) is 31.0 Å². The number of likely N-dealkylation sites (tertiary alicyclic amines) is 1. The molecule has 6 heteroatoms. The predicted octanol–water partition coefficient (Wildman–Crippen LogP) is 1.21. The van der Waals surface area contributed by atoms with Crippen LogP contribution in [0.2, 0.25) is 0 Å². The van der Waals surface area contributed by atoms with Gasteiger partial charge in [-0.15, -0.1) is 0 Å². The van der Waals surface area contributed by atoms with Crippen molar-refractivity contribution in [3.63, 3.8) is 0 Å². The molecule has 0 spiro atoms. The summed E-state index contributed by atoms with van der Waals surface area (Å²) in [7, 11) is 2.18. The molecule has 1 aliphatic heterocycles. The van der Waals surface area contributed by atoms with Gasteiger partial charge in [-0.1, -0.05) is 6.92 Å². The van der Waals surface area contributed by atoms with Gasteiger partial charge in [0, 0.05) is 12.1 Å². The third kappa shape index (κ3) is 3.33. The van der Waals surface area contributed by atoms with E-state index in [4.69, 9.17) is 5.84 Å². The molecule has 1 aromatic rings. The molecular formula is C13H24N6. The summed E-state index contributed by atoms with van der Waals surface area (Å²) in [4.78, 5) is 10.8. The van der Waals surface area contributed by atoms with Crippen LogP contribution in [0.25, 0.3) is 0 Å². The summed E-state index contributed by atoms with van der Waals surface area (Å²) in [6.07, 6.45) is 3.95. The highest BCUT2D eigenvalue weighted by Crippen LogP contribution is 2.31. The van der Waals surface area contributed by atoms with Gasteiger partial charge in [-0.3, -0.25) is 0 Å². The van der Waals surface area contributed by atoms with Crippen molar-refractivity contribution in [1.29, 1.82) is 0 Å². The third-order valence-electron chi connectivity index (χ3n) is 4.10. The molecule has 0 radical (unpaired) electrons. The minimum Gasteiger partial charge on any atom is -0.369 e. The molecule has 4 N–H and O–H groups in total. The number of nitrogens with zero attached hydrogens (tertiary/aromatic N) is 3. The molecule has 0 amide bonds. The molecule has 0 atom stereocenters. The summed E-state index contributed by atoms with van der Waals surface area (Å²) in [5, 5.41) is 3.45. The Balaban J connectivity index is 1.99. The average Bonchev–Trinajstić information content (AvgIpc) is 2.41. The van der Waals surface area contributed by atoms with E-state index < -0.39 is 0 Å². The molecule has 106 valence electrons. The Hall–Kier alpha value is -1.40. The van der Waals surface area contributed by atoms with E-state index in [9.17, 15) is 0 Å². The lowest BCUT2D eigenvalue weighted by atomic mass is 9.80. The van der Waals surface area contributed by atoms with Crippen LogP contribution in [0.3, 0.4) is 0 Å². The number of nitrogens with one attached hydrogen (secondary N) is 2. The fourth-order valence-electron chi connectivity index (χ4n) is 2.41. The molecular weight excluding hydrogens is 240 g/mol. The molecule has 2 rings (SSSR count). The maximum Gasteiger partial charge on any atom is 0.148 e. The largest absolute Gasteiger partial charge is 0.369 e. The van der Waals surface area contributed by atoms with Gasteiger partial charge in [-0.2, -0.15) is 0 Å². The van der Waals surface area contributed by atoms with Gasteiger partial charge < -0.3 is 15.6 Å². The number of nitrogens with two attached hydrogens (primary N) is 1. The molecule has 1 aliphatic rings. The van der Waals surface area contributed by atoms with Crippen LogP contribution in [-0.4, -0.2) is 41.5 Å². The lowest BCUT2D eigenvalue weighted by Crippen LogP contribution is -2.40. The molecule has 0 aromatic carbocycles. The minimum absolute atomic E-state index is 0.334. The Morgan fingerprint density at radius 3 is 2.58 bits per heavy atom. The van der Waals surface area contributed by atoms with E-state index in [1.807, 2.05) is 6.92 Å². The number of nitrogen functional groups attached to an aromatic ring is 1. The van der Waals surface area contributed by atoms with E-state index in [1.54, 1.807) is 0 Å². The second kappa shape index (κ2) is 5.71. The number of piperidine rings is 1. The van der Waals surface area contributed by atoms with Crippen molar-refractivity contribution in [1.82, 2.24) is 14.9 Å². The molecule has 6 nitrogen and oxygen atoms in total. The van der Waals surface area contributed by atoms with Crippen molar-refractivity contribution in [3.8, 4) is 0 Å². The smallest absolute Gasteiger partial charge is 0.148 e. The number of anilines is 2. The molecule has 0 aliphatic carbocycles. The molecule has 1 saturated heterocycles. The number of aromatic nitrogens is 2. The van der Waals surface area contributed by atoms with E-state index >= 15 is 0 Å². The zero-order chi connectivity index (χ0) is 13.9. The maximum absolute atomic E-state index is 5.43. The number of hydrogen-bond acceptors (Lipinski definition) is 6. The molecule has 1 aromatic heterocycles. The number of rotatable bonds is 4. The quantitative estimate of drug-likeness (QED) is 0.560. The molecule has 19 heavy (non-hydrogen) atoms. The Kier molecular flexibility index (Phi) is 4.21. The van der Waals surface area contributed by atoms with E-state index in [2.05, 4.69) is 39.6 Å². The lowest BCUT2D eigenvalue weighted by Gasteiger charge is -2.38. The highest BCUT2D eigenvalue weighted by molar-refractivity contribution is 5.55. The van der Waals surface area contributed by atoms with Crippen LogP contribution in [0.15, 0.2) is 6.33 Å². The Morgan fingerprint density at radius 2 is 1.95 bits per heavy atom. The zero-order valence-electron chi connectivity index (χ0n) is 12.0. The normalized spacial score (nSPS) is 19.2. The third-order valence-corrected chi connectivity index (χ3v) is 4.10. The first-order chi connectivity index (χ1) is 9.04. The maximum atomic E-state index is 5.43. The summed E-state index contributed by atoms with van der Waals surface area (Å²) in [6.45, 7) is 7.57. The first kappa shape index (κ1) is 14.0. The monoisotopic (exact) mass is 264 g/mol. The number of hydrazine groups is 1. The molecule has 2 heterocycles. The lowest BCUT2D eigenvalue weighted by molar-refractivity contribution is 0.150. The average molecular weight is 264 g/mol. The van der Waals surface area contributed by atoms with Crippen molar-refractivity contribution in [2.45, 2.75) is 26.7 Å². The van der Waals surface area contributed by atoms with Crippen LogP contribution in [0, 0.1) is 12.3 Å². The Bertz CT molecular complexity index is 425. The van der Waals surface area contributed by atoms with Crippen LogP contribution in [0.1, 0.15) is 25.3 Å². The van der Waals surface area contributed by atoms with Gasteiger partial charge in [0.05, 0.1) is 0 Å². The van der Waals surface area contributed by atoms with E-state index in [-0.39, 0.29) is 0 Å². The van der Waals surface area contributed by atoms with Crippen molar-refractivity contribution in [2.75, 3.05) is 37.4 Å². The highest BCUT2D eigenvalue weighted by atomic mass is 15.3. The molecule has 0 saturated carbocycles. The Morgan fingerprint density at radius 1 is 1.32 bits per heavy atom. The summed E-state index contributed by atoms with van der Waals surface area (Å²) in [6, 6.07) is 0. The van der Waals surface area contributed by atoms with Crippen molar-refractivity contribution in [2.24, 2.45) is 11.3 Å². The van der Waals surface area contributed by atoms with Gasteiger partial charge in [0.2, 0.25) is 0 Å². The van der Waals surface area contributed by atoms with Gasteiger partial charge >= 0.3 is 0 Å². The SMILES string of the molecule is Cc1c(NN)ncnc1NCC1(C)CCN(C)CC1. The summed E-state index contributed by atoms with van der Waals surface area (Å²) in [5.41, 5.74) is 3.88. The zero-order valence-corrected chi connectivity index (χ0v) is 12.0. The highest BCUT2D eigenvalue weighted by Gasteiger charge is 2.28. The van der Waals surface area contributed by atoms with Crippen molar-refractivity contribution < 1.29 is 0 Å². The topological polar surface area (TPSA) is 79.1 Å². The van der Waals surface area contributed by atoms with Gasteiger partial charge in [-0.25, -0.2) is 15.8 Å². The summed E-state index contributed by atoms with van der Waals surface area (Å²) < 4.78 is 0. The molecule has 0 unspecified atom stereocenters. The second-order valence-corrected chi connectivity index (χ2v) is 5.81. The molecule has 1 fully saturated rings. The summed E-state index contributed by atoms with van der Waals surface area (Å²) in [5.74, 6) is 6.96. The first-order valence-electron chi connectivity index (χ1n) is 6.75. The van der Waals surface area contributed by atoms with E-state index in [1.165, 1.54) is 19.2 Å². The van der Waals surface area contributed by atoms with Gasteiger partial charge in [0.15, 0.2) is 0 Å². The van der Waals surface area contributed by atoms with Crippen LogP contribution >= 0.6 is 0 Å². The fourth-order valence-corrected chi connectivity index (χ4v) is 2.41. The van der Waals surface area contributed by atoms with Crippen LogP contribution < -0.4 is 16.6 Å². The predicted molar refractivity (Wildman–Crippen MR) is 77.9 cm³/mol. The van der Waals surface area contributed by atoms with Crippen LogP contribution in [0.5, 0.6) is 0 Å². The van der Waals surface area contributed by atoms with Gasteiger partial charge in [-0.05, 0) is 45.3 Å². The van der Waals surface area contributed by atoms with Crippen molar-refractivity contribution >= 4 is 11.6 Å². The fraction of sp³-hybridized carbons (Fsp3) is 0.692.